The first-order valence-corrected chi connectivity index (χ1v) is 4.59. The van der Waals surface area contributed by atoms with E-state index in [-0.39, 0.29) is 17.6 Å². The average molecular weight is 255 g/mol. The van der Waals surface area contributed by atoms with Crippen LogP contribution in [0.4, 0.5) is 0 Å². The van der Waals surface area contributed by atoms with Gasteiger partial charge < -0.3 is 19.6 Å². The zero-order valence-corrected chi connectivity index (χ0v) is 5.70. The van der Waals surface area contributed by atoms with Crippen molar-refractivity contribution in [1.82, 2.24) is 0 Å². The predicted octanol–water partition coefficient (Wildman–Crippen LogP) is -2.26. The Morgan fingerprint density at radius 3 is 1.10 bits per heavy atom. The quantitative estimate of drug-likeness (QED) is 0.324. The Morgan fingerprint density at radius 2 is 1.10 bits per heavy atom. The van der Waals surface area contributed by atoms with Crippen molar-refractivity contribution in [2.75, 3.05) is 0 Å². The van der Waals surface area contributed by atoms with Crippen molar-refractivity contribution in [2.45, 2.75) is 0 Å². The van der Waals surface area contributed by atoms with Gasteiger partial charge in [-0.1, -0.05) is 0 Å². The molecular formula is H8GeO7P2. The van der Waals surface area contributed by atoms with Crippen LogP contribution in [0.1, 0.15) is 0 Å². The number of phosphoric acid groups is 2. The van der Waals surface area contributed by atoms with E-state index in [0.29, 0.717) is 0 Å². The second-order valence-corrected chi connectivity index (χ2v) is 3.68. The molecular weight excluding hydrogens is 247 g/mol. The van der Waals surface area contributed by atoms with E-state index in [1.54, 1.807) is 0 Å². The van der Waals surface area contributed by atoms with E-state index in [1.165, 1.54) is 0 Å². The summed E-state index contributed by atoms with van der Waals surface area (Å²) in [4.78, 5) is 31.0. The molecule has 0 rings (SSSR count). The van der Waals surface area contributed by atoms with Crippen molar-refractivity contribution < 1.29 is 33.0 Å². The van der Waals surface area contributed by atoms with Gasteiger partial charge in [0.05, 0.1) is 0 Å². The standard InChI is InChI=1S/GeH4.H4O7P2/c;1-8(2,3)7-9(4,5)6/h1H4;(H2,1,2,3)(H2,4,5,6). The molecule has 7 nitrogen and oxygen atoms in total. The van der Waals surface area contributed by atoms with Crippen LogP contribution in [0.15, 0.2) is 0 Å². The second-order valence-electron chi connectivity index (χ2n) is 1.06. The van der Waals surface area contributed by atoms with E-state index in [2.05, 4.69) is 4.31 Å². The van der Waals surface area contributed by atoms with E-state index in [9.17, 15) is 9.13 Å². The molecule has 0 fully saturated rings. The third kappa shape index (κ3) is 11.6. The average Bonchev–Trinajstić information content (AvgIpc) is 1.14. The SMILES string of the molecule is O=P(O)(O)OP(=O)(O)O.[GeH4]. The van der Waals surface area contributed by atoms with Gasteiger partial charge in [0.1, 0.15) is 0 Å². The van der Waals surface area contributed by atoms with E-state index in [1.807, 2.05) is 0 Å². The van der Waals surface area contributed by atoms with Gasteiger partial charge in [-0.15, -0.1) is 0 Å². The molecule has 0 radical (unpaired) electrons. The first kappa shape index (κ1) is 13.4. The van der Waals surface area contributed by atoms with Gasteiger partial charge in [-0.25, -0.2) is 9.13 Å². The molecule has 4 N–H and O–H groups in total. The number of rotatable bonds is 2. The third-order valence-corrected chi connectivity index (χ3v) is 1.91. The summed E-state index contributed by atoms with van der Waals surface area (Å²) in [5.41, 5.74) is 0. The summed E-state index contributed by atoms with van der Waals surface area (Å²) in [6.45, 7) is 0. The van der Waals surface area contributed by atoms with Crippen LogP contribution in [-0.4, -0.2) is 37.2 Å². The topological polar surface area (TPSA) is 124 Å². The van der Waals surface area contributed by atoms with E-state index in [4.69, 9.17) is 19.6 Å². The fraction of sp³-hybridized carbons (Fsp3) is 0. The molecule has 0 saturated heterocycles. The summed E-state index contributed by atoms with van der Waals surface area (Å²) < 4.78 is 22.2. The molecule has 0 bridgehead atoms. The Bertz CT molecular complexity index is 152. The molecule has 0 aliphatic carbocycles. The van der Waals surface area contributed by atoms with Crippen molar-refractivity contribution in [3.63, 3.8) is 0 Å². The van der Waals surface area contributed by atoms with Gasteiger partial charge in [-0.3, -0.25) is 0 Å². The third-order valence-electron chi connectivity index (χ3n) is 0.213. The van der Waals surface area contributed by atoms with Crippen molar-refractivity contribution in [3.05, 3.63) is 0 Å². The van der Waals surface area contributed by atoms with Crippen LogP contribution in [0, 0.1) is 0 Å². The minimum atomic E-state index is -5.05. The van der Waals surface area contributed by atoms with E-state index >= 15 is 0 Å². The minimum absolute atomic E-state index is 0. The molecule has 0 aromatic rings. The molecule has 0 spiro atoms. The summed E-state index contributed by atoms with van der Waals surface area (Å²) >= 11 is 0. The summed E-state index contributed by atoms with van der Waals surface area (Å²) in [6.07, 6.45) is 0. The number of hydrogen-bond acceptors (Lipinski definition) is 3. The van der Waals surface area contributed by atoms with Gasteiger partial charge in [0, 0.05) is 0 Å². The first-order chi connectivity index (χ1) is 3.71. The Kier molecular flexibility index (Phi) is 5.34. The molecule has 0 saturated carbocycles. The van der Waals surface area contributed by atoms with Crippen LogP contribution < -0.4 is 0 Å². The normalized spacial score (nSPS) is 12.4. The molecule has 0 atom stereocenters. The maximum atomic E-state index is 9.63. The van der Waals surface area contributed by atoms with Gasteiger partial charge >= 0.3 is 33.2 Å². The van der Waals surface area contributed by atoms with Crippen LogP contribution in [0.3, 0.4) is 0 Å². The van der Waals surface area contributed by atoms with Crippen molar-refractivity contribution >= 4 is 33.2 Å². The molecule has 0 aliphatic rings. The zero-order chi connectivity index (χ0) is 7.71. The fourth-order valence-electron chi connectivity index (χ4n) is 0.139. The Morgan fingerprint density at radius 1 is 0.900 bits per heavy atom. The summed E-state index contributed by atoms with van der Waals surface area (Å²) in [7, 11) is -10.1. The molecule has 0 aliphatic heterocycles. The summed E-state index contributed by atoms with van der Waals surface area (Å²) in [5, 5.41) is 0. The Hall–Kier alpha value is 0.803. The van der Waals surface area contributed by atoms with Gasteiger partial charge in [0.2, 0.25) is 0 Å². The van der Waals surface area contributed by atoms with E-state index < -0.39 is 15.6 Å². The molecule has 10 heavy (non-hydrogen) atoms. The number of hydrogen-bond donors (Lipinski definition) is 4. The monoisotopic (exact) mass is 256 g/mol. The van der Waals surface area contributed by atoms with Gasteiger partial charge in [0.25, 0.3) is 0 Å². The Balaban J connectivity index is 0. The molecule has 0 unspecified atom stereocenters. The summed E-state index contributed by atoms with van der Waals surface area (Å²) in [5.74, 6) is 0. The summed E-state index contributed by atoms with van der Waals surface area (Å²) in [6, 6.07) is 0. The predicted molar refractivity (Wildman–Crippen MR) is 36.5 cm³/mol. The van der Waals surface area contributed by atoms with Crippen LogP contribution in [0.2, 0.25) is 0 Å². The molecule has 0 aromatic carbocycles. The van der Waals surface area contributed by atoms with Gasteiger partial charge in [-0.05, 0) is 0 Å². The molecule has 0 aromatic heterocycles. The zero-order valence-electron chi connectivity index (χ0n) is 3.91. The van der Waals surface area contributed by atoms with Crippen LogP contribution in [0.5, 0.6) is 0 Å². The van der Waals surface area contributed by atoms with Crippen LogP contribution in [-0.2, 0) is 13.4 Å². The molecule has 0 amide bonds. The first-order valence-electron chi connectivity index (χ1n) is 1.53. The van der Waals surface area contributed by atoms with Crippen molar-refractivity contribution in [2.24, 2.45) is 0 Å². The van der Waals surface area contributed by atoms with Gasteiger partial charge in [0.15, 0.2) is 0 Å². The fourth-order valence-corrected chi connectivity index (χ4v) is 1.25. The van der Waals surface area contributed by atoms with E-state index in [0.717, 1.165) is 0 Å². The Labute approximate surface area is 66.9 Å². The molecule has 0 heterocycles. The van der Waals surface area contributed by atoms with Crippen LogP contribution in [0.25, 0.3) is 0 Å². The second kappa shape index (κ2) is 3.99. The molecule has 10 heteroatoms. The van der Waals surface area contributed by atoms with Gasteiger partial charge in [-0.2, -0.15) is 4.31 Å². The maximum absolute atomic E-state index is 9.63. The van der Waals surface area contributed by atoms with Crippen molar-refractivity contribution in [1.29, 1.82) is 0 Å². The van der Waals surface area contributed by atoms with Crippen LogP contribution >= 0.6 is 15.6 Å². The molecule has 64 valence electrons. The van der Waals surface area contributed by atoms with Crippen molar-refractivity contribution in [3.8, 4) is 0 Å².